The Bertz CT molecular complexity index is 696. The molecule has 3 rings (SSSR count). The number of rotatable bonds is 5. The van der Waals surface area contributed by atoms with Crippen molar-refractivity contribution in [3.63, 3.8) is 0 Å². The first kappa shape index (κ1) is 16.4. The van der Waals surface area contributed by atoms with Crippen LogP contribution < -0.4 is 10.2 Å². The Balaban J connectivity index is 1.69. The summed E-state index contributed by atoms with van der Waals surface area (Å²) in [7, 11) is 0. The predicted molar refractivity (Wildman–Crippen MR) is 89.6 cm³/mol. The van der Waals surface area contributed by atoms with Crippen LogP contribution in [0.25, 0.3) is 0 Å². The molecule has 0 spiro atoms. The van der Waals surface area contributed by atoms with E-state index in [4.69, 9.17) is 0 Å². The van der Waals surface area contributed by atoms with E-state index in [0.29, 0.717) is 18.7 Å². The number of anilines is 1. The van der Waals surface area contributed by atoms with E-state index in [0.717, 1.165) is 5.56 Å². The molecule has 1 fully saturated rings. The van der Waals surface area contributed by atoms with Crippen molar-refractivity contribution in [2.24, 2.45) is 0 Å². The number of benzene rings is 1. The van der Waals surface area contributed by atoms with Crippen molar-refractivity contribution in [1.82, 2.24) is 10.3 Å². The molecule has 0 unspecified atom stereocenters. The highest BCUT2D eigenvalue weighted by atomic mass is 19.1. The molecule has 1 aliphatic heterocycles. The third-order valence-corrected chi connectivity index (χ3v) is 4.18. The van der Waals surface area contributed by atoms with Crippen molar-refractivity contribution in [2.75, 3.05) is 18.1 Å². The molecule has 1 saturated heterocycles. The van der Waals surface area contributed by atoms with E-state index in [2.05, 4.69) is 10.3 Å². The monoisotopic (exact) mass is 329 g/mol. The van der Waals surface area contributed by atoms with Crippen LogP contribution in [-0.2, 0) is 6.54 Å². The maximum Gasteiger partial charge on any atom is 0.270 e. The number of aromatic nitrogens is 1. The molecule has 5 nitrogen and oxygen atoms in total. The van der Waals surface area contributed by atoms with Crippen molar-refractivity contribution in [3.05, 3.63) is 59.9 Å². The van der Waals surface area contributed by atoms with Gasteiger partial charge in [-0.15, -0.1) is 0 Å². The number of carbonyl (C=O) groups is 1. The van der Waals surface area contributed by atoms with Crippen LogP contribution in [-0.4, -0.2) is 41.4 Å². The molecule has 0 saturated carbocycles. The maximum absolute atomic E-state index is 13.6. The Morgan fingerprint density at radius 2 is 2.12 bits per heavy atom. The Morgan fingerprint density at radius 1 is 1.33 bits per heavy atom. The summed E-state index contributed by atoms with van der Waals surface area (Å²) in [6.07, 6.45) is 0.867. The summed E-state index contributed by atoms with van der Waals surface area (Å²) in [5, 5.41) is 12.2. The first-order valence-corrected chi connectivity index (χ1v) is 7.97. The molecule has 2 heterocycles. The molecule has 1 aliphatic rings. The number of carbonyl (C=O) groups excluding carboxylic acids is 1. The summed E-state index contributed by atoms with van der Waals surface area (Å²) in [6.45, 7) is 0.527. The van der Waals surface area contributed by atoms with Gasteiger partial charge in [0.1, 0.15) is 11.9 Å². The highest BCUT2D eigenvalue weighted by Crippen LogP contribution is 2.27. The third kappa shape index (κ3) is 3.71. The zero-order chi connectivity index (χ0) is 16.9. The van der Waals surface area contributed by atoms with E-state index in [9.17, 15) is 14.3 Å². The second-order valence-corrected chi connectivity index (χ2v) is 5.89. The first-order valence-electron chi connectivity index (χ1n) is 7.97. The van der Waals surface area contributed by atoms with Gasteiger partial charge in [0.05, 0.1) is 12.6 Å². The zero-order valence-electron chi connectivity index (χ0n) is 13.2. The van der Waals surface area contributed by atoms with Gasteiger partial charge in [0.25, 0.3) is 5.91 Å². The minimum Gasteiger partial charge on any atom is -0.394 e. The van der Waals surface area contributed by atoms with Crippen LogP contribution in [0.2, 0.25) is 0 Å². The maximum atomic E-state index is 13.6. The Morgan fingerprint density at radius 3 is 2.88 bits per heavy atom. The fourth-order valence-electron chi connectivity index (χ4n) is 2.94. The molecule has 0 radical (unpaired) electrons. The molecular weight excluding hydrogens is 309 g/mol. The quantitative estimate of drug-likeness (QED) is 0.880. The van der Waals surface area contributed by atoms with Crippen LogP contribution in [0.1, 0.15) is 22.5 Å². The van der Waals surface area contributed by atoms with Crippen molar-refractivity contribution >= 4 is 11.6 Å². The lowest BCUT2D eigenvalue weighted by Crippen LogP contribution is -2.32. The van der Waals surface area contributed by atoms with E-state index >= 15 is 0 Å². The number of halogens is 1. The number of pyridine rings is 1. The number of nitrogens with zero attached hydrogens (tertiary/aromatic N) is 2. The highest BCUT2D eigenvalue weighted by molar-refractivity contribution is 5.93. The van der Waals surface area contributed by atoms with Gasteiger partial charge in [-0.3, -0.25) is 9.78 Å². The van der Waals surface area contributed by atoms with E-state index in [1.165, 1.54) is 6.20 Å². The molecule has 1 aromatic carbocycles. The highest BCUT2D eigenvalue weighted by Gasteiger charge is 2.32. The van der Waals surface area contributed by atoms with Gasteiger partial charge in [0, 0.05) is 31.4 Å². The minimum atomic E-state index is -0.967. The fourth-order valence-corrected chi connectivity index (χ4v) is 2.94. The number of nitrogens with one attached hydrogen (secondary N) is 1. The summed E-state index contributed by atoms with van der Waals surface area (Å²) in [5.74, 6) is -0.280. The molecular formula is C18H20FN3O2. The SMILES string of the molecule is O=C(NCc1ccccc1)c1cc(N2C[C@@H](F)C[C@H]2CO)ccn1. The number of alkyl halides is 1. The van der Waals surface area contributed by atoms with Gasteiger partial charge in [0.15, 0.2) is 0 Å². The first-order chi connectivity index (χ1) is 11.7. The van der Waals surface area contributed by atoms with Crippen LogP contribution in [0.4, 0.5) is 10.1 Å². The molecule has 0 aliphatic carbocycles. The van der Waals surface area contributed by atoms with E-state index < -0.39 is 6.17 Å². The summed E-state index contributed by atoms with van der Waals surface area (Å²) in [5.41, 5.74) is 1.98. The Kier molecular flexibility index (Phi) is 5.05. The molecule has 2 aromatic rings. The molecule has 24 heavy (non-hydrogen) atoms. The topological polar surface area (TPSA) is 65.5 Å². The molecule has 126 valence electrons. The number of aliphatic hydroxyl groups excluding tert-OH is 1. The van der Waals surface area contributed by atoms with Gasteiger partial charge < -0.3 is 15.3 Å². The smallest absolute Gasteiger partial charge is 0.270 e. The zero-order valence-corrected chi connectivity index (χ0v) is 13.2. The van der Waals surface area contributed by atoms with Crippen LogP contribution in [0.3, 0.4) is 0 Å². The molecule has 2 atom stereocenters. The van der Waals surface area contributed by atoms with Crippen molar-refractivity contribution in [1.29, 1.82) is 0 Å². The molecule has 1 amide bonds. The lowest BCUT2D eigenvalue weighted by atomic mass is 10.2. The summed E-state index contributed by atoms with van der Waals surface area (Å²) < 4.78 is 13.6. The average molecular weight is 329 g/mol. The normalized spacial score (nSPS) is 20.2. The van der Waals surface area contributed by atoms with Gasteiger partial charge in [-0.05, 0) is 17.7 Å². The van der Waals surface area contributed by atoms with Crippen molar-refractivity contribution in [2.45, 2.75) is 25.2 Å². The van der Waals surface area contributed by atoms with Crippen LogP contribution in [0, 0.1) is 0 Å². The summed E-state index contributed by atoms with van der Waals surface area (Å²) in [6, 6.07) is 12.7. The van der Waals surface area contributed by atoms with Gasteiger partial charge in [-0.1, -0.05) is 30.3 Å². The number of hydrogen-bond donors (Lipinski definition) is 2. The van der Waals surface area contributed by atoms with E-state index in [-0.39, 0.29) is 30.8 Å². The standard InChI is InChI=1S/C18H20FN3O2/c19-14-8-16(12-23)22(11-14)15-6-7-20-17(9-15)18(24)21-10-13-4-2-1-3-5-13/h1-7,9,14,16,23H,8,10-12H2,(H,21,24)/t14-,16-/m0/s1. The molecule has 0 bridgehead atoms. The van der Waals surface area contributed by atoms with Gasteiger partial charge in [-0.2, -0.15) is 0 Å². The van der Waals surface area contributed by atoms with Gasteiger partial charge in [-0.25, -0.2) is 4.39 Å². The second-order valence-electron chi connectivity index (χ2n) is 5.89. The van der Waals surface area contributed by atoms with Crippen LogP contribution in [0.15, 0.2) is 48.7 Å². The summed E-state index contributed by atoms with van der Waals surface area (Å²) >= 11 is 0. The Labute approximate surface area is 140 Å². The molecule has 1 aromatic heterocycles. The fraction of sp³-hybridized carbons (Fsp3) is 0.333. The molecule has 6 heteroatoms. The summed E-state index contributed by atoms with van der Waals surface area (Å²) in [4.78, 5) is 18.2. The van der Waals surface area contributed by atoms with E-state index in [1.807, 2.05) is 30.3 Å². The van der Waals surface area contributed by atoms with Gasteiger partial charge >= 0.3 is 0 Å². The van der Waals surface area contributed by atoms with Crippen LogP contribution in [0.5, 0.6) is 0 Å². The third-order valence-electron chi connectivity index (χ3n) is 4.18. The van der Waals surface area contributed by atoms with E-state index in [1.54, 1.807) is 17.0 Å². The lowest BCUT2D eigenvalue weighted by Gasteiger charge is -2.25. The Hall–Kier alpha value is -2.47. The minimum absolute atomic E-state index is 0.113. The largest absolute Gasteiger partial charge is 0.394 e. The van der Waals surface area contributed by atoms with Crippen molar-refractivity contribution in [3.8, 4) is 0 Å². The predicted octanol–water partition coefficient (Wildman–Crippen LogP) is 1.92. The van der Waals surface area contributed by atoms with Gasteiger partial charge in [0.2, 0.25) is 0 Å². The number of hydrogen-bond acceptors (Lipinski definition) is 4. The lowest BCUT2D eigenvalue weighted by molar-refractivity contribution is 0.0946. The van der Waals surface area contributed by atoms with Crippen LogP contribution >= 0.6 is 0 Å². The number of aliphatic hydroxyl groups is 1. The second kappa shape index (κ2) is 7.40. The number of amides is 1. The molecule has 2 N–H and O–H groups in total. The average Bonchev–Trinajstić information content (AvgIpc) is 3.01. The van der Waals surface area contributed by atoms with Crippen molar-refractivity contribution < 1.29 is 14.3 Å².